The van der Waals surface area contributed by atoms with Crippen LogP contribution < -0.4 is 11.1 Å². The number of amides is 1. The molecule has 1 fully saturated rings. The summed E-state index contributed by atoms with van der Waals surface area (Å²) in [7, 11) is 0. The molecule has 0 spiro atoms. The van der Waals surface area contributed by atoms with Gasteiger partial charge in [0.15, 0.2) is 0 Å². The lowest BCUT2D eigenvalue weighted by molar-refractivity contribution is -0.127. The number of aliphatic hydroxyl groups is 1. The van der Waals surface area contributed by atoms with Gasteiger partial charge in [-0.2, -0.15) is 0 Å². The Morgan fingerprint density at radius 3 is 2.87 bits per heavy atom. The van der Waals surface area contributed by atoms with Crippen molar-refractivity contribution in [3.05, 3.63) is 0 Å². The van der Waals surface area contributed by atoms with E-state index in [-0.39, 0.29) is 30.5 Å². The van der Waals surface area contributed by atoms with Crippen LogP contribution in [0.5, 0.6) is 0 Å². The highest BCUT2D eigenvalue weighted by Crippen LogP contribution is 2.23. The number of hydrogen-bond donors (Lipinski definition) is 3. The zero-order chi connectivity index (χ0) is 11.3. The minimum Gasteiger partial charge on any atom is -0.394 e. The number of hydrogen-bond acceptors (Lipinski definition) is 3. The SMILES string of the molecule is CC[C@H](CO)NC(=O)C1CCCC(N)C1. The maximum atomic E-state index is 11.8. The summed E-state index contributed by atoms with van der Waals surface area (Å²) in [5, 5.41) is 11.8. The van der Waals surface area contributed by atoms with Gasteiger partial charge in [-0.05, 0) is 25.7 Å². The van der Waals surface area contributed by atoms with Gasteiger partial charge in [-0.1, -0.05) is 13.3 Å². The summed E-state index contributed by atoms with van der Waals surface area (Å²) in [6, 6.07) is 0.0688. The molecule has 15 heavy (non-hydrogen) atoms. The average Bonchev–Trinajstić information content (AvgIpc) is 2.25. The third-order valence-electron chi connectivity index (χ3n) is 3.15. The molecule has 1 amide bonds. The highest BCUT2D eigenvalue weighted by atomic mass is 16.3. The molecule has 4 nitrogen and oxygen atoms in total. The molecule has 0 aromatic heterocycles. The summed E-state index contributed by atoms with van der Waals surface area (Å²) in [5.41, 5.74) is 5.83. The van der Waals surface area contributed by atoms with Gasteiger partial charge in [-0.25, -0.2) is 0 Å². The van der Waals surface area contributed by atoms with Crippen molar-refractivity contribution in [1.29, 1.82) is 0 Å². The highest BCUT2D eigenvalue weighted by molar-refractivity contribution is 5.79. The van der Waals surface area contributed by atoms with E-state index < -0.39 is 0 Å². The summed E-state index contributed by atoms with van der Waals surface area (Å²) >= 11 is 0. The molecule has 0 heterocycles. The summed E-state index contributed by atoms with van der Waals surface area (Å²) in [5.74, 6) is 0.111. The van der Waals surface area contributed by atoms with Gasteiger partial charge in [-0.3, -0.25) is 4.79 Å². The fourth-order valence-electron chi connectivity index (χ4n) is 2.06. The van der Waals surface area contributed by atoms with Gasteiger partial charge in [0.25, 0.3) is 0 Å². The third kappa shape index (κ3) is 3.80. The lowest BCUT2D eigenvalue weighted by Gasteiger charge is -2.27. The van der Waals surface area contributed by atoms with Crippen LogP contribution in [-0.4, -0.2) is 29.7 Å². The van der Waals surface area contributed by atoms with E-state index in [9.17, 15) is 4.79 Å². The molecule has 0 aliphatic heterocycles. The van der Waals surface area contributed by atoms with Crippen LogP contribution in [-0.2, 0) is 4.79 Å². The van der Waals surface area contributed by atoms with E-state index in [2.05, 4.69) is 5.32 Å². The second kappa shape index (κ2) is 6.08. The summed E-state index contributed by atoms with van der Waals surface area (Å²) < 4.78 is 0. The van der Waals surface area contributed by atoms with Crippen molar-refractivity contribution in [1.82, 2.24) is 5.32 Å². The van der Waals surface area contributed by atoms with Gasteiger partial charge >= 0.3 is 0 Å². The first-order valence-corrected chi connectivity index (χ1v) is 5.84. The van der Waals surface area contributed by atoms with Crippen LogP contribution in [0.15, 0.2) is 0 Å². The van der Waals surface area contributed by atoms with Crippen LogP contribution >= 0.6 is 0 Å². The first-order valence-electron chi connectivity index (χ1n) is 5.84. The van der Waals surface area contributed by atoms with Crippen molar-refractivity contribution in [3.63, 3.8) is 0 Å². The molecule has 0 bridgehead atoms. The smallest absolute Gasteiger partial charge is 0.223 e. The number of rotatable bonds is 4. The Balaban J connectivity index is 2.38. The summed E-state index contributed by atoms with van der Waals surface area (Å²) in [6.07, 6.45) is 4.55. The van der Waals surface area contributed by atoms with E-state index in [4.69, 9.17) is 10.8 Å². The molecule has 4 heteroatoms. The summed E-state index contributed by atoms with van der Waals surface area (Å²) in [6.45, 7) is 1.97. The quantitative estimate of drug-likeness (QED) is 0.633. The van der Waals surface area contributed by atoms with Crippen molar-refractivity contribution in [2.45, 2.75) is 51.1 Å². The first kappa shape index (κ1) is 12.5. The Morgan fingerprint density at radius 2 is 2.33 bits per heavy atom. The Kier molecular flexibility index (Phi) is 5.05. The molecular weight excluding hydrogens is 192 g/mol. The van der Waals surface area contributed by atoms with Crippen LogP contribution in [0.4, 0.5) is 0 Å². The van der Waals surface area contributed by atoms with Gasteiger partial charge in [0, 0.05) is 12.0 Å². The predicted octanol–water partition coefficient (Wildman–Crippen LogP) is 0.391. The number of aliphatic hydroxyl groups excluding tert-OH is 1. The van der Waals surface area contributed by atoms with Crippen molar-refractivity contribution in [2.24, 2.45) is 11.7 Å². The first-order chi connectivity index (χ1) is 7.17. The molecule has 2 unspecified atom stereocenters. The Labute approximate surface area is 91.2 Å². The Bertz CT molecular complexity index is 205. The largest absolute Gasteiger partial charge is 0.394 e. The monoisotopic (exact) mass is 214 g/mol. The van der Waals surface area contributed by atoms with Gasteiger partial charge in [0.1, 0.15) is 0 Å². The standard InChI is InChI=1S/C11H22N2O2/c1-2-10(7-14)13-11(15)8-4-3-5-9(12)6-8/h8-10,14H,2-7,12H2,1H3,(H,13,15)/t8?,9?,10-/m1/s1. The highest BCUT2D eigenvalue weighted by Gasteiger charge is 2.26. The zero-order valence-electron chi connectivity index (χ0n) is 9.41. The fraction of sp³-hybridized carbons (Fsp3) is 0.909. The topological polar surface area (TPSA) is 75.3 Å². The van der Waals surface area contributed by atoms with Gasteiger partial charge in [0.05, 0.1) is 12.6 Å². The number of carbonyl (C=O) groups is 1. The summed E-state index contributed by atoms with van der Waals surface area (Å²) in [4.78, 5) is 11.8. The molecule has 1 aliphatic rings. The van der Waals surface area contributed by atoms with E-state index in [0.717, 1.165) is 32.1 Å². The van der Waals surface area contributed by atoms with Crippen LogP contribution in [0.2, 0.25) is 0 Å². The second-order valence-electron chi connectivity index (χ2n) is 4.42. The number of carbonyl (C=O) groups excluding carboxylic acids is 1. The van der Waals surface area contributed by atoms with Crippen molar-refractivity contribution >= 4 is 5.91 Å². The second-order valence-corrected chi connectivity index (χ2v) is 4.42. The van der Waals surface area contributed by atoms with Crippen molar-refractivity contribution in [2.75, 3.05) is 6.61 Å². The lowest BCUT2D eigenvalue weighted by atomic mass is 9.85. The van der Waals surface area contributed by atoms with E-state index in [1.165, 1.54) is 0 Å². The van der Waals surface area contributed by atoms with Gasteiger partial charge < -0.3 is 16.2 Å². The molecule has 0 aromatic rings. The Hall–Kier alpha value is -0.610. The molecule has 3 atom stereocenters. The van der Waals surface area contributed by atoms with E-state index in [1.54, 1.807) is 0 Å². The maximum Gasteiger partial charge on any atom is 0.223 e. The molecule has 0 aromatic carbocycles. The van der Waals surface area contributed by atoms with Crippen LogP contribution in [0.25, 0.3) is 0 Å². The maximum absolute atomic E-state index is 11.8. The third-order valence-corrected chi connectivity index (χ3v) is 3.15. The molecule has 1 aliphatic carbocycles. The van der Waals surface area contributed by atoms with Gasteiger partial charge in [-0.15, -0.1) is 0 Å². The van der Waals surface area contributed by atoms with Crippen molar-refractivity contribution < 1.29 is 9.90 Å². The van der Waals surface area contributed by atoms with Crippen LogP contribution in [0.3, 0.4) is 0 Å². The minimum absolute atomic E-state index is 0.0149. The Morgan fingerprint density at radius 1 is 1.60 bits per heavy atom. The normalized spacial score (nSPS) is 28.5. The molecule has 0 radical (unpaired) electrons. The number of nitrogens with two attached hydrogens (primary N) is 1. The van der Waals surface area contributed by atoms with Crippen molar-refractivity contribution in [3.8, 4) is 0 Å². The number of nitrogens with one attached hydrogen (secondary N) is 1. The molecule has 0 saturated heterocycles. The van der Waals surface area contributed by atoms with E-state index >= 15 is 0 Å². The molecule has 4 N–H and O–H groups in total. The van der Waals surface area contributed by atoms with E-state index in [0.29, 0.717) is 0 Å². The van der Waals surface area contributed by atoms with E-state index in [1.807, 2.05) is 6.92 Å². The molecule has 88 valence electrons. The minimum atomic E-state index is -0.101. The van der Waals surface area contributed by atoms with Crippen LogP contribution in [0, 0.1) is 5.92 Å². The fourth-order valence-corrected chi connectivity index (χ4v) is 2.06. The molecule has 1 rings (SSSR count). The lowest BCUT2D eigenvalue weighted by Crippen LogP contribution is -2.43. The predicted molar refractivity (Wildman–Crippen MR) is 59.2 cm³/mol. The zero-order valence-corrected chi connectivity index (χ0v) is 9.41. The van der Waals surface area contributed by atoms with Gasteiger partial charge in [0.2, 0.25) is 5.91 Å². The van der Waals surface area contributed by atoms with Crippen LogP contribution in [0.1, 0.15) is 39.0 Å². The molecule has 1 saturated carbocycles. The average molecular weight is 214 g/mol. The molecular formula is C11H22N2O2.